The monoisotopic (exact) mass is 285 g/mol. The van der Waals surface area contributed by atoms with E-state index in [9.17, 15) is 4.79 Å². The van der Waals surface area contributed by atoms with Gasteiger partial charge in [0.25, 0.3) is 0 Å². The molecule has 0 amide bonds. The SMILES string of the molecule is C=CCn1nc(-c2ccc(OC(C)C)cc2)c(C=O)c1N. The van der Waals surface area contributed by atoms with Gasteiger partial charge in [0.1, 0.15) is 17.3 Å². The highest BCUT2D eigenvalue weighted by molar-refractivity contribution is 5.91. The van der Waals surface area contributed by atoms with E-state index in [1.165, 1.54) is 0 Å². The molecule has 21 heavy (non-hydrogen) atoms. The highest BCUT2D eigenvalue weighted by Gasteiger charge is 2.16. The standard InChI is InChI=1S/C16H19N3O2/c1-4-9-19-16(17)14(10-20)15(18-19)12-5-7-13(8-6-12)21-11(2)3/h4-8,10-11H,1,9,17H2,2-3H3. The van der Waals surface area contributed by atoms with Crippen LogP contribution in [-0.4, -0.2) is 22.2 Å². The van der Waals surface area contributed by atoms with E-state index in [0.29, 0.717) is 23.6 Å². The Balaban J connectivity index is 2.39. The van der Waals surface area contributed by atoms with Crippen molar-refractivity contribution in [2.75, 3.05) is 5.73 Å². The largest absolute Gasteiger partial charge is 0.491 e. The molecule has 0 radical (unpaired) electrons. The molecule has 0 aliphatic rings. The zero-order valence-electron chi connectivity index (χ0n) is 12.2. The van der Waals surface area contributed by atoms with Crippen molar-refractivity contribution in [1.29, 1.82) is 0 Å². The predicted molar refractivity (Wildman–Crippen MR) is 83.4 cm³/mol. The molecule has 2 N–H and O–H groups in total. The lowest BCUT2D eigenvalue weighted by Crippen LogP contribution is -2.05. The Morgan fingerprint density at radius 2 is 2.05 bits per heavy atom. The second-order valence-electron chi connectivity index (χ2n) is 4.93. The molecule has 0 saturated heterocycles. The minimum atomic E-state index is 0.115. The molecular weight excluding hydrogens is 266 g/mol. The van der Waals surface area contributed by atoms with Crippen molar-refractivity contribution in [3.8, 4) is 17.0 Å². The summed E-state index contributed by atoms with van der Waals surface area (Å²) in [4.78, 5) is 11.3. The lowest BCUT2D eigenvalue weighted by atomic mass is 10.1. The van der Waals surface area contributed by atoms with E-state index in [1.807, 2.05) is 38.1 Å². The van der Waals surface area contributed by atoms with Crippen LogP contribution in [-0.2, 0) is 6.54 Å². The molecule has 0 aliphatic heterocycles. The second-order valence-corrected chi connectivity index (χ2v) is 4.93. The number of ether oxygens (including phenoxy) is 1. The average Bonchev–Trinajstić information content (AvgIpc) is 2.76. The molecule has 0 aliphatic carbocycles. The number of anilines is 1. The lowest BCUT2D eigenvalue weighted by Gasteiger charge is -2.09. The summed E-state index contributed by atoms with van der Waals surface area (Å²) >= 11 is 0. The molecule has 1 aromatic heterocycles. The van der Waals surface area contributed by atoms with E-state index in [2.05, 4.69) is 11.7 Å². The summed E-state index contributed by atoms with van der Waals surface area (Å²) in [6.45, 7) is 8.05. The van der Waals surface area contributed by atoms with Gasteiger partial charge in [0.05, 0.1) is 18.2 Å². The molecule has 0 saturated carbocycles. The number of aromatic nitrogens is 2. The van der Waals surface area contributed by atoms with Crippen molar-refractivity contribution < 1.29 is 9.53 Å². The molecule has 0 atom stereocenters. The van der Waals surface area contributed by atoms with E-state index in [0.717, 1.165) is 17.6 Å². The molecule has 2 aromatic rings. The zero-order chi connectivity index (χ0) is 15.4. The lowest BCUT2D eigenvalue weighted by molar-refractivity contribution is 0.112. The van der Waals surface area contributed by atoms with E-state index >= 15 is 0 Å². The minimum absolute atomic E-state index is 0.115. The van der Waals surface area contributed by atoms with Crippen molar-refractivity contribution in [2.45, 2.75) is 26.5 Å². The smallest absolute Gasteiger partial charge is 0.156 e. The first-order valence-electron chi connectivity index (χ1n) is 6.76. The average molecular weight is 285 g/mol. The first kappa shape index (κ1) is 14.8. The maximum Gasteiger partial charge on any atom is 0.156 e. The highest BCUT2D eigenvalue weighted by Crippen LogP contribution is 2.27. The van der Waals surface area contributed by atoms with Crippen LogP contribution in [0.5, 0.6) is 5.75 Å². The number of aldehydes is 1. The Bertz CT molecular complexity index is 642. The number of benzene rings is 1. The normalized spacial score (nSPS) is 10.6. The van der Waals surface area contributed by atoms with Gasteiger partial charge in [-0.25, -0.2) is 4.68 Å². The maximum absolute atomic E-state index is 11.3. The minimum Gasteiger partial charge on any atom is -0.491 e. The van der Waals surface area contributed by atoms with Gasteiger partial charge >= 0.3 is 0 Å². The summed E-state index contributed by atoms with van der Waals surface area (Å²) in [6.07, 6.45) is 2.53. The van der Waals surface area contributed by atoms with Gasteiger partial charge in [-0.05, 0) is 38.1 Å². The third-order valence-electron chi connectivity index (χ3n) is 2.95. The quantitative estimate of drug-likeness (QED) is 0.654. The van der Waals surface area contributed by atoms with Gasteiger partial charge in [-0.2, -0.15) is 5.10 Å². The Morgan fingerprint density at radius 1 is 1.38 bits per heavy atom. The van der Waals surface area contributed by atoms with Gasteiger partial charge in [-0.15, -0.1) is 6.58 Å². The Morgan fingerprint density at radius 3 is 2.57 bits per heavy atom. The van der Waals surface area contributed by atoms with E-state index in [1.54, 1.807) is 10.8 Å². The fraction of sp³-hybridized carbons (Fsp3) is 0.250. The molecule has 0 unspecified atom stereocenters. The van der Waals surface area contributed by atoms with Gasteiger partial charge in [-0.1, -0.05) is 6.08 Å². The molecule has 0 fully saturated rings. The summed E-state index contributed by atoms with van der Waals surface area (Å²) in [5.74, 6) is 1.13. The topological polar surface area (TPSA) is 70.1 Å². The van der Waals surface area contributed by atoms with Crippen molar-refractivity contribution in [3.63, 3.8) is 0 Å². The predicted octanol–water partition coefficient (Wildman–Crippen LogP) is 2.92. The van der Waals surface area contributed by atoms with E-state index < -0.39 is 0 Å². The summed E-state index contributed by atoms with van der Waals surface area (Å²) < 4.78 is 7.16. The summed E-state index contributed by atoms with van der Waals surface area (Å²) in [7, 11) is 0. The third kappa shape index (κ3) is 3.13. The van der Waals surface area contributed by atoms with Crippen LogP contribution in [0.2, 0.25) is 0 Å². The Kier molecular flexibility index (Phi) is 4.42. The van der Waals surface area contributed by atoms with Crippen LogP contribution in [0.3, 0.4) is 0 Å². The Hall–Kier alpha value is -2.56. The van der Waals surface area contributed by atoms with Gasteiger partial charge < -0.3 is 10.5 Å². The van der Waals surface area contributed by atoms with E-state index in [-0.39, 0.29) is 6.10 Å². The third-order valence-corrected chi connectivity index (χ3v) is 2.95. The van der Waals surface area contributed by atoms with Crippen molar-refractivity contribution >= 4 is 12.1 Å². The first-order valence-corrected chi connectivity index (χ1v) is 6.76. The van der Waals surface area contributed by atoms with Crippen LogP contribution in [0.4, 0.5) is 5.82 Å². The summed E-state index contributed by atoms with van der Waals surface area (Å²) in [5, 5.41) is 4.38. The maximum atomic E-state index is 11.3. The van der Waals surface area contributed by atoms with Crippen LogP contribution in [0.15, 0.2) is 36.9 Å². The van der Waals surface area contributed by atoms with Crippen molar-refractivity contribution in [3.05, 3.63) is 42.5 Å². The molecular formula is C16H19N3O2. The van der Waals surface area contributed by atoms with Gasteiger partial charge in [0, 0.05) is 5.56 Å². The molecule has 1 heterocycles. The van der Waals surface area contributed by atoms with Crippen LogP contribution < -0.4 is 10.5 Å². The number of nitrogen functional groups attached to an aromatic ring is 1. The van der Waals surface area contributed by atoms with Crippen molar-refractivity contribution in [1.82, 2.24) is 9.78 Å². The molecule has 1 aromatic carbocycles. The summed E-state index contributed by atoms with van der Waals surface area (Å²) in [6, 6.07) is 7.44. The van der Waals surface area contributed by atoms with Crippen LogP contribution >= 0.6 is 0 Å². The second kappa shape index (κ2) is 6.26. The fourth-order valence-corrected chi connectivity index (χ4v) is 2.04. The number of rotatable bonds is 6. The zero-order valence-corrected chi connectivity index (χ0v) is 12.2. The van der Waals surface area contributed by atoms with Crippen LogP contribution in [0.25, 0.3) is 11.3 Å². The van der Waals surface area contributed by atoms with Gasteiger partial charge in [0.15, 0.2) is 6.29 Å². The van der Waals surface area contributed by atoms with Crippen LogP contribution in [0.1, 0.15) is 24.2 Å². The van der Waals surface area contributed by atoms with Crippen LogP contribution in [0, 0.1) is 0 Å². The summed E-state index contributed by atoms with van der Waals surface area (Å²) in [5.41, 5.74) is 7.72. The van der Waals surface area contributed by atoms with Gasteiger partial charge in [-0.3, -0.25) is 4.79 Å². The Labute approximate surface area is 124 Å². The number of allylic oxidation sites excluding steroid dienone is 1. The van der Waals surface area contributed by atoms with Gasteiger partial charge in [0.2, 0.25) is 0 Å². The number of carbonyl (C=O) groups excluding carboxylic acids is 1. The highest BCUT2D eigenvalue weighted by atomic mass is 16.5. The van der Waals surface area contributed by atoms with E-state index in [4.69, 9.17) is 10.5 Å². The molecule has 110 valence electrons. The number of carbonyl (C=O) groups is 1. The number of hydrogen-bond donors (Lipinski definition) is 1. The van der Waals surface area contributed by atoms with Crippen molar-refractivity contribution in [2.24, 2.45) is 0 Å². The first-order chi connectivity index (χ1) is 10.1. The number of nitrogens with two attached hydrogens (primary N) is 1. The number of nitrogens with zero attached hydrogens (tertiary/aromatic N) is 2. The number of hydrogen-bond acceptors (Lipinski definition) is 4. The molecule has 0 spiro atoms. The molecule has 5 heteroatoms. The fourth-order valence-electron chi connectivity index (χ4n) is 2.04. The molecule has 0 bridgehead atoms. The molecule has 5 nitrogen and oxygen atoms in total. The molecule has 2 rings (SSSR count).